The Morgan fingerprint density at radius 2 is 2.04 bits per heavy atom. The lowest BCUT2D eigenvalue weighted by Crippen LogP contribution is -2.25. The molecular formula is C17H17Cl2NO3. The van der Waals surface area contributed by atoms with Gasteiger partial charge >= 0.3 is 5.97 Å². The van der Waals surface area contributed by atoms with Crippen molar-refractivity contribution in [3.05, 3.63) is 50.7 Å². The Balaban J connectivity index is 2.59. The molecule has 0 saturated heterocycles. The van der Waals surface area contributed by atoms with Gasteiger partial charge in [-0.3, -0.25) is 4.79 Å². The van der Waals surface area contributed by atoms with Gasteiger partial charge in [0.1, 0.15) is 0 Å². The first-order valence-electron chi connectivity index (χ1n) is 7.19. The number of benzene rings is 1. The van der Waals surface area contributed by atoms with Crippen molar-refractivity contribution in [1.29, 1.82) is 0 Å². The Morgan fingerprint density at radius 3 is 2.65 bits per heavy atom. The number of carbonyl (C=O) groups is 2. The predicted octanol–water partition coefficient (Wildman–Crippen LogP) is 4.08. The van der Waals surface area contributed by atoms with Crippen molar-refractivity contribution in [3.8, 4) is 0 Å². The standard InChI is InChI=1S/C17H17Cl2NO3/c1-4-8-20-10(2)14(17(22)23-3)12(16(20)21)9-11-6-5-7-13(18)15(11)19/h5-7,9H,4,8H2,1-3H3/b12-9-. The second-order valence-electron chi connectivity index (χ2n) is 5.11. The maximum absolute atomic E-state index is 12.7. The molecule has 0 saturated carbocycles. The highest BCUT2D eigenvalue weighted by atomic mass is 35.5. The second-order valence-corrected chi connectivity index (χ2v) is 5.90. The molecule has 1 aliphatic heterocycles. The summed E-state index contributed by atoms with van der Waals surface area (Å²) < 4.78 is 4.83. The third kappa shape index (κ3) is 3.28. The molecule has 0 unspecified atom stereocenters. The van der Waals surface area contributed by atoms with Gasteiger partial charge in [-0.15, -0.1) is 0 Å². The molecule has 1 aliphatic rings. The van der Waals surface area contributed by atoms with Crippen LogP contribution in [0.2, 0.25) is 10.0 Å². The maximum atomic E-state index is 12.7. The Kier molecular flexibility index (Phi) is 5.50. The van der Waals surface area contributed by atoms with E-state index in [9.17, 15) is 9.59 Å². The molecule has 0 aromatic heterocycles. The number of ether oxygens (including phenoxy) is 1. The van der Waals surface area contributed by atoms with Crippen molar-refractivity contribution in [2.75, 3.05) is 13.7 Å². The zero-order chi connectivity index (χ0) is 17.1. The molecule has 0 atom stereocenters. The summed E-state index contributed by atoms with van der Waals surface area (Å²) in [5.41, 5.74) is 1.71. The van der Waals surface area contributed by atoms with Gasteiger partial charge in [0.05, 0.1) is 28.3 Å². The number of methoxy groups -OCH3 is 1. The molecule has 0 aliphatic carbocycles. The average molecular weight is 354 g/mol. The summed E-state index contributed by atoms with van der Waals surface area (Å²) in [6, 6.07) is 5.13. The molecule has 0 N–H and O–H groups in total. The van der Waals surface area contributed by atoms with Crippen LogP contribution in [0, 0.1) is 0 Å². The summed E-state index contributed by atoms with van der Waals surface area (Å²) in [6.07, 6.45) is 2.37. The van der Waals surface area contributed by atoms with Crippen LogP contribution in [-0.4, -0.2) is 30.4 Å². The van der Waals surface area contributed by atoms with E-state index in [0.717, 1.165) is 6.42 Å². The van der Waals surface area contributed by atoms with Gasteiger partial charge < -0.3 is 9.64 Å². The number of hydrogen-bond acceptors (Lipinski definition) is 3. The van der Waals surface area contributed by atoms with Crippen LogP contribution in [0.3, 0.4) is 0 Å². The lowest BCUT2D eigenvalue weighted by molar-refractivity contribution is -0.136. The van der Waals surface area contributed by atoms with E-state index in [-0.39, 0.29) is 17.1 Å². The first kappa shape index (κ1) is 17.6. The van der Waals surface area contributed by atoms with E-state index >= 15 is 0 Å². The molecule has 6 heteroatoms. The highest BCUT2D eigenvalue weighted by molar-refractivity contribution is 6.43. The normalized spacial score (nSPS) is 16.5. The molecule has 1 aromatic rings. The molecule has 0 spiro atoms. The maximum Gasteiger partial charge on any atom is 0.340 e. The van der Waals surface area contributed by atoms with Crippen molar-refractivity contribution in [2.24, 2.45) is 0 Å². The molecular weight excluding hydrogens is 337 g/mol. The monoisotopic (exact) mass is 353 g/mol. The fourth-order valence-corrected chi connectivity index (χ4v) is 2.87. The Labute approximate surface area is 145 Å². The minimum atomic E-state index is -0.543. The van der Waals surface area contributed by atoms with Crippen LogP contribution < -0.4 is 0 Å². The zero-order valence-electron chi connectivity index (χ0n) is 13.2. The molecule has 122 valence electrons. The number of carbonyl (C=O) groups excluding carboxylic acids is 2. The molecule has 0 fully saturated rings. The quantitative estimate of drug-likeness (QED) is 0.605. The summed E-state index contributed by atoms with van der Waals surface area (Å²) in [6.45, 7) is 4.24. The first-order valence-corrected chi connectivity index (χ1v) is 7.95. The summed E-state index contributed by atoms with van der Waals surface area (Å²) in [5.74, 6) is -0.778. The number of hydrogen-bond donors (Lipinski definition) is 0. The van der Waals surface area contributed by atoms with Gasteiger partial charge in [0.15, 0.2) is 0 Å². The molecule has 1 amide bonds. The van der Waals surface area contributed by atoms with Crippen molar-refractivity contribution >= 4 is 41.2 Å². The van der Waals surface area contributed by atoms with Crippen molar-refractivity contribution < 1.29 is 14.3 Å². The van der Waals surface area contributed by atoms with Crippen LogP contribution in [-0.2, 0) is 14.3 Å². The average Bonchev–Trinajstić information content (AvgIpc) is 2.76. The van der Waals surface area contributed by atoms with Crippen LogP contribution in [0.15, 0.2) is 35.0 Å². The molecule has 4 nitrogen and oxygen atoms in total. The Morgan fingerprint density at radius 1 is 1.35 bits per heavy atom. The van der Waals surface area contributed by atoms with E-state index in [2.05, 4.69) is 0 Å². The number of nitrogens with zero attached hydrogens (tertiary/aromatic N) is 1. The first-order chi connectivity index (χ1) is 10.9. The van der Waals surface area contributed by atoms with Gasteiger partial charge in [0.2, 0.25) is 0 Å². The molecule has 0 bridgehead atoms. The third-order valence-corrected chi connectivity index (χ3v) is 4.46. The van der Waals surface area contributed by atoms with E-state index in [4.69, 9.17) is 27.9 Å². The fraction of sp³-hybridized carbons (Fsp3) is 0.294. The van der Waals surface area contributed by atoms with Gasteiger partial charge in [0.25, 0.3) is 5.91 Å². The summed E-state index contributed by atoms with van der Waals surface area (Å²) in [5, 5.41) is 0.725. The largest absolute Gasteiger partial charge is 0.465 e. The van der Waals surface area contributed by atoms with Gasteiger partial charge in [-0.05, 0) is 31.1 Å². The third-order valence-electron chi connectivity index (χ3n) is 3.63. The molecule has 23 heavy (non-hydrogen) atoms. The van der Waals surface area contributed by atoms with E-state index in [1.807, 2.05) is 6.92 Å². The van der Waals surface area contributed by atoms with Crippen molar-refractivity contribution in [3.63, 3.8) is 0 Å². The lowest BCUT2D eigenvalue weighted by atomic mass is 10.0. The van der Waals surface area contributed by atoms with Crippen LogP contribution in [0.5, 0.6) is 0 Å². The van der Waals surface area contributed by atoms with Gasteiger partial charge in [-0.1, -0.05) is 42.3 Å². The van der Waals surface area contributed by atoms with E-state index < -0.39 is 5.97 Å². The molecule has 2 rings (SSSR count). The number of allylic oxidation sites excluding steroid dienone is 1. The summed E-state index contributed by atoms with van der Waals surface area (Å²) >= 11 is 12.2. The smallest absolute Gasteiger partial charge is 0.340 e. The minimum Gasteiger partial charge on any atom is -0.465 e. The summed E-state index contributed by atoms with van der Waals surface area (Å²) in [4.78, 5) is 26.4. The van der Waals surface area contributed by atoms with Gasteiger partial charge in [-0.25, -0.2) is 4.79 Å². The molecule has 0 radical (unpaired) electrons. The van der Waals surface area contributed by atoms with E-state index in [0.29, 0.717) is 27.9 Å². The number of amides is 1. The highest BCUT2D eigenvalue weighted by Crippen LogP contribution is 2.34. The fourth-order valence-electron chi connectivity index (χ4n) is 2.51. The van der Waals surface area contributed by atoms with Crippen molar-refractivity contribution in [2.45, 2.75) is 20.3 Å². The zero-order valence-corrected chi connectivity index (χ0v) is 14.7. The SMILES string of the molecule is CCCN1C(=O)/C(=C\c2cccc(Cl)c2Cl)C(C(=O)OC)=C1C. The van der Waals surface area contributed by atoms with Gasteiger partial charge in [-0.2, -0.15) is 0 Å². The van der Waals surface area contributed by atoms with E-state index in [1.54, 1.807) is 36.1 Å². The number of halogens is 2. The highest BCUT2D eigenvalue weighted by Gasteiger charge is 2.36. The summed E-state index contributed by atoms with van der Waals surface area (Å²) in [7, 11) is 1.29. The molecule has 1 heterocycles. The predicted molar refractivity (Wildman–Crippen MR) is 91.2 cm³/mol. The number of rotatable bonds is 4. The van der Waals surface area contributed by atoms with Crippen LogP contribution >= 0.6 is 23.2 Å². The van der Waals surface area contributed by atoms with Crippen LogP contribution in [0.4, 0.5) is 0 Å². The van der Waals surface area contributed by atoms with Gasteiger partial charge in [0, 0.05) is 12.2 Å². The Hall–Kier alpha value is -1.78. The topological polar surface area (TPSA) is 46.6 Å². The minimum absolute atomic E-state index is 0.235. The van der Waals surface area contributed by atoms with Crippen molar-refractivity contribution in [1.82, 2.24) is 4.90 Å². The second kappa shape index (κ2) is 7.20. The number of esters is 1. The van der Waals surface area contributed by atoms with Crippen LogP contribution in [0.25, 0.3) is 6.08 Å². The molecule has 1 aromatic carbocycles. The van der Waals surface area contributed by atoms with E-state index in [1.165, 1.54) is 7.11 Å². The lowest BCUT2D eigenvalue weighted by Gasteiger charge is -2.16. The Bertz CT molecular complexity index is 723. The van der Waals surface area contributed by atoms with Crippen LogP contribution in [0.1, 0.15) is 25.8 Å².